The molecule has 1 heterocycles. The summed E-state index contributed by atoms with van der Waals surface area (Å²) in [5.41, 5.74) is 0.0995. The molecule has 1 nitrogen and oxygen atoms in total. The Balaban J connectivity index is 3.05. The zero-order valence-electron chi connectivity index (χ0n) is 6.44. The van der Waals surface area contributed by atoms with E-state index in [9.17, 15) is 0 Å². The maximum absolute atomic E-state index is 5.28. The highest BCUT2D eigenvalue weighted by Gasteiger charge is 2.19. The van der Waals surface area contributed by atoms with Gasteiger partial charge in [-0.25, -0.2) is 0 Å². The van der Waals surface area contributed by atoms with Crippen LogP contribution < -0.4 is 0 Å². The lowest BCUT2D eigenvalue weighted by molar-refractivity contribution is 0.407. The van der Waals surface area contributed by atoms with Crippen LogP contribution >= 0.6 is 15.9 Å². The maximum Gasteiger partial charge on any atom is 0.123 e. The van der Waals surface area contributed by atoms with E-state index in [1.807, 2.05) is 6.07 Å². The molecule has 0 bridgehead atoms. The summed E-state index contributed by atoms with van der Waals surface area (Å²) in [5, 5.41) is 0. The average Bonchev–Trinajstić information content (AvgIpc) is 2.11. The first-order valence-electron chi connectivity index (χ1n) is 3.25. The highest BCUT2D eigenvalue weighted by atomic mass is 79.9. The molecule has 0 aromatic carbocycles. The molecule has 0 aliphatic carbocycles. The van der Waals surface area contributed by atoms with Gasteiger partial charge in [0.2, 0.25) is 0 Å². The molecule has 2 heteroatoms. The van der Waals surface area contributed by atoms with Crippen molar-refractivity contribution in [3.8, 4) is 0 Å². The molecular formula is C8H11BrO. The minimum absolute atomic E-state index is 0.0995. The highest BCUT2D eigenvalue weighted by Crippen LogP contribution is 2.29. The van der Waals surface area contributed by atoms with Gasteiger partial charge in [-0.2, -0.15) is 0 Å². The number of rotatable bonds is 0. The molecule has 0 amide bonds. The zero-order chi connectivity index (χ0) is 7.78. The maximum atomic E-state index is 5.28. The van der Waals surface area contributed by atoms with Crippen LogP contribution in [0.3, 0.4) is 0 Å². The summed E-state index contributed by atoms with van der Waals surface area (Å²) in [7, 11) is 0. The molecule has 0 spiro atoms. The van der Waals surface area contributed by atoms with Crippen molar-refractivity contribution >= 4 is 15.9 Å². The van der Waals surface area contributed by atoms with Crippen LogP contribution in [0.4, 0.5) is 0 Å². The lowest BCUT2D eigenvalue weighted by Gasteiger charge is -2.14. The normalized spacial score (nSPS) is 12.0. The fourth-order valence-corrected chi connectivity index (χ4v) is 1.62. The molecule has 1 rings (SSSR count). The van der Waals surface area contributed by atoms with E-state index in [1.165, 1.54) is 0 Å². The van der Waals surface area contributed by atoms with E-state index >= 15 is 0 Å². The number of hydrogen-bond donors (Lipinski definition) is 0. The summed E-state index contributed by atoms with van der Waals surface area (Å²) in [6.45, 7) is 6.36. The van der Waals surface area contributed by atoms with Crippen LogP contribution in [0.1, 0.15) is 26.5 Å². The minimum atomic E-state index is 0.0995. The SMILES string of the molecule is CC(C)(C)c1occc1Br. The fourth-order valence-electron chi connectivity index (χ4n) is 0.829. The van der Waals surface area contributed by atoms with E-state index in [2.05, 4.69) is 36.7 Å². The van der Waals surface area contributed by atoms with Crippen LogP contribution in [-0.2, 0) is 5.41 Å². The van der Waals surface area contributed by atoms with E-state index in [1.54, 1.807) is 6.26 Å². The predicted molar refractivity (Wildman–Crippen MR) is 45.1 cm³/mol. The second-order valence-corrected chi connectivity index (χ2v) is 4.20. The Morgan fingerprint density at radius 3 is 2.20 bits per heavy atom. The third kappa shape index (κ3) is 1.43. The van der Waals surface area contributed by atoms with Crippen LogP contribution in [-0.4, -0.2) is 0 Å². The molecule has 0 aliphatic heterocycles. The van der Waals surface area contributed by atoms with E-state index < -0.39 is 0 Å². The topological polar surface area (TPSA) is 13.1 Å². The first-order valence-corrected chi connectivity index (χ1v) is 4.04. The average molecular weight is 203 g/mol. The molecule has 0 unspecified atom stereocenters. The molecule has 0 saturated heterocycles. The first-order chi connectivity index (χ1) is 4.52. The molecule has 56 valence electrons. The van der Waals surface area contributed by atoms with Crippen molar-refractivity contribution in [3.63, 3.8) is 0 Å². The largest absolute Gasteiger partial charge is 0.468 e. The van der Waals surface area contributed by atoms with E-state index in [4.69, 9.17) is 4.42 Å². The number of furan rings is 1. The fraction of sp³-hybridized carbons (Fsp3) is 0.500. The van der Waals surface area contributed by atoms with Crippen LogP contribution in [0.25, 0.3) is 0 Å². The van der Waals surface area contributed by atoms with Crippen molar-refractivity contribution < 1.29 is 4.42 Å². The van der Waals surface area contributed by atoms with Gasteiger partial charge >= 0.3 is 0 Å². The molecule has 0 radical (unpaired) electrons. The van der Waals surface area contributed by atoms with Crippen molar-refractivity contribution in [1.82, 2.24) is 0 Å². The summed E-state index contributed by atoms with van der Waals surface area (Å²) in [6.07, 6.45) is 1.70. The Morgan fingerprint density at radius 1 is 1.40 bits per heavy atom. The van der Waals surface area contributed by atoms with Crippen LogP contribution in [0.15, 0.2) is 21.2 Å². The summed E-state index contributed by atoms with van der Waals surface area (Å²) < 4.78 is 6.34. The number of hydrogen-bond acceptors (Lipinski definition) is 1. The van der Waals surface area contributed by atoms with Gasteiger partial charge in [0, 0.05) is 5.41 Å². The first kappa shape index (κ1) is 7.86. The Labute approximate surface area is 69.6 Å². The minimum Gasteiger partial charge on any atom is -0.468 e. The third-order valence-electron chi connectivity index (χ3n) is 1.30. The van der Waals surface area contributed by atoms with Crippen molar-refractivity contribution in [2.24, 2.45) is 0 Å². The van der Waals surface area contributed by atoms with Crippen LogP contribution in [0.2, 0.25) is 0 Å². The Bertz CT molecular complexity index is 219. The Morgan fingerprint density at radius 2 is 2.00 bits per heavy atom. The van der Waals surface area contributed by atoms with Gasteiger partial charge in [0.25, 0.3) is 0 Å². The van der Waals surface area contributed by atoms with Crippen LogP contribution in [0, 0.1) is 0 Å². The van der Waals surface area contributed by atoms with Gasteiger partial charge in [0.05, 0.1) is 10.7 Å². The Hall–Kier alpha value is -0.240. The molecule has 0 saturated carbocycles. The lowest BCUT2D eigenvalue weighted by Crippen LogP contribution is -2.09. The van der Waals surface area contributed by atoms with Crippen molar-refractivity contribution in [1.29, 1.82) is 0 Å². The smallest absolute Gasteiger partial charge is 0.123 e. The number of halogens is 1. The molecule has 0 aliphatic rings. The zero-order valence-corrected chi connectivity index (χ0v) is 8.03. The predicted octanol–water partition coefficient (Wildman–Crippen LogP) is 3.34. The van der Waals surface area contributed by atoms with Gasteiger partial charge < -0.3 is 4.42 Å². The van der Waals surface area contributed by atoms with Gasteiger partial charge in [0.15, 0.2) is 0 Å². The van der Waals surface area contributed by atoms with E-state index in [0.717, 1.165) is 10.2 Å². The monoisotopic (exact) mass is 202 g/mol. The molecule has 1 aromatic rings. The summed E-state index contributed by atoms with van der Waals surface area (Å²) in [4.78, 5) is 0. The lowest BCUT2D eigenvalue weighted by atomic mass is 9.94. The molecule has 0 atom stereocenters. The quantitative estimate of drug-likeness (QED) is 0.630. The second kappa shape index (κ2) is 2.42. The summed E-state index contributed by atoms with van der Waals surface area (Å²) in [6, 6.07) is 1.92. The van der Waals surface area contributed by atoms with Crippen molar-refractivity contribution in [2.75, 3.05) is 0 Å². The van der Waals surface area contributed by atoms with Gasteiger partial charge in [-0.15, -0.1) is 0 Å². The van der Waals surface area contributed by atoms with E-state index in [-0.39, 0.29) is 5.41 Å². The molecule has 0 N–H and O–H groups in total. The second-order valence-electron chi connectivity index (χ2n) is 3.35. The molecule has 10 heavy (non-hydrogen) atoms. The van der Waals surface area contributed by atoms with Crippen LogP contribution in [0.5, 0.6) is 0 Å². The third-order valence-corrected chi connectivity index (χ3v) is 1.92. The van der Waals surface area contributed by atoms with Gasteiger partial charge in [0.1, 0.15) is 5.76 Å². The van der Waals surface area contributed by atoms with Gasteiger partial charge in [-0.1, -0.05) is 20.8 Å². The highest BCUT2D eigenvalue weighted by molar-refractivity contribution is 9.10. The molecule has 0 fully saturated rings. The molecule has 1 aromatic heterocycles. The van der Waals surface area contributed by atoms with Crippen molar-refractivity contribution in [3.05, 3.63) is 22.6 Å². The van der Waals surface area contributed by atoms with Crippen molar-refractivity contribution in [2.45, 2.75) is 26.2 Å². The van der Waals surface area contributed by atoms with Gasteiger partial charge in [-0.05, 0) is 22.0 Å². The van der Waals surface area contributed by atoms with Gasteiger partial charge in [-0.3, -0.25) is 0 Å². The summed E-state index contributed by atoms with van der Waals surface area (Å²) in [5.74, 6) is 1.01. The Kier molecular flexibility index (Phi) is 1.90. The summed E-state index contributed by atoms with van der Waals surface area (Å²) >= 11 is 3.41. The molecular weight excluding hydrogens is 192 g/mol. The van der Waals surface area contributed by atoms with E-state index in [0.29, 0.717) is 0 Å². The standard InChI is InChI=1S/C8H11BrO/c1-8(2,3)7-6(9)4-5-10-7/h4-5H,1-3H3.